The predicted molar refractivity (Wildman–Crippen MR) is 249 cm³/mol. The van der Waals surface area contributed by atoms with Crippen molar-refractivity contribution in [2.24, 2.45) is 0 Å². The highest BCUT2D eigenvalue weighted by Gasteiger charge is 2.61. The maximum Gasteiger partial charge on any atom is 0.0607 e. The largest absolute Gasteiger partial charge is 0.310 e. The Labute approximate surface area is 334 Å². The predicted octanol–water partition coefficient (Wildman–Crippen LogP) is 15.3. The highest BCUT2D eigenvalue weighted by Crippen LogP contribution is 2.62. The molecule has 2 aliphatic carbocycles. The lowest BCUT2D eigenvalue weighted by Crippen LogP contribution is -2.64. The molecular formula is C53H51NSi2. The molecule has 3 heteroatoms. The number of hydrogen-bond acceptors (Lipinski definition) is 1. The molecule has 0 N–H and O–H groups in total. The van der Waals surface area contributed by atoms with Crippen LogP contribution in [0.5, 0.6) is 0 Å². The Bertz CT molecular complexity index is 2900. The summed E-state index contributed by atoms with van der Waals surface area (Å²) in [6.45, 7) is 20.6. The lowest BCUT2D eigenvalue weighted by Gasteiger charge is -2.53. The van der Waals surface area contributed by atoms with Crippen LogP contribution in [0.2, 0.25) is 38.8 Å². The minimum Gasteiger partial charge on any atom is -0.310 e. The zero-order valence-corrected chi connectivity index (χ0v) is 36.1. The molecule has 276 valence electrons. The molecule has 0 amide bonds. The van der Waals surface area contributed by atoms with Crippen molar-refractivity contribution in [2.75, 3.05) is 4.90 Å². The molecular weight excluding hydrogens is 707 g/mol. The van der Waals surface area contributed by atoms with Gasteiger partial charge < -0.3 is 4.90 Å². The van der Waals surface area contributed by atoms with Crippen molar-refractivity contribution in [3.05, 3.63) is 174 Å². The van der Waals surface area contributed by atoms with Crippen LogP contribution < -0.4 is 4.90 Å². The van der Waals surface area contributed by atoms with E-state index >= 15 is 0 Å². The Kier molecular flexibility index (Phi) is 7.63. The molecule has 0 aliphatic heterocycles. The lowest BCUT2D eigenvalue weighted by atomic mass is 9.81. The van der Waals surface area contributed by atoms with Crippen LogP contribution in [0, 0.1) is 0 Å². The molecule has 2 aliphatic rings. The van der Waals surface area contributed by atoms with E-state index in [1.165, 1.54) is 88.8 Å². The fraction of sp³-hybridized carbons (Fsp3) is 0.208. The van der Waals surface area contributed by atoms with Crippen LogP contribution in [0.25, 0.3) is 54.6 Å². The maximum absolute atomic E-state index is 2.68. The molecule has 56 heavy (non-hydrogen) atoms. The molecule has 1 nitrogen and oxygen atoms in total. The topological polar surface area (TPSA) is 3.24 Å². The van der Waals surface area contributed by atoms with Crippen LogP contribution in [-0.2, 0) is 10.1 Å². The van der Waals surface area contributed by atoms with Gasteiger partial charge in [-0.1, -0.05) is 163 Å². The van der Waals surface area contributed by atoms with Gasteiger partial charge in [-0.05, 0) is 125 Å². The molecule has 0 heterocycles. The first-order chi connectivity index (χ1) is 26.9. The lowest BCUT2D eigenvalue weighted by molar-refractivity contribution is 0.661. The van der Waals surface area contributed by atoms with Gasteiger partial charge in [0.1, 0.15) is 0 Å². The average molecular weight is 758 g/mol. The molecule has 0 saturated heterocycles. The van der Waals surface area contributed by atoms with Crippen molar-refractivity contribution in [1.29, 1.82) is 0 Å². The normalized spacial score (nSPS) is 16.9. The Balaban J connectivity index is 1.19. The van der Waals surface area contributed by atoms with E-state index in [1.54, 1.807) is 11.1 Å². The Hall–Kier alpha value is -5.23. The summed E-state index contributed by atoms with van der Waals surface area (Å²) in [5, 5.41) is 8.08. The summed E-state index contributed by atoms with van der Waals surface area (Å²) < 4.78 is 0.0645. The fourth-order valence-corrected chi connectivity index (χ4v) is 24.5. The molecule has 0 radical (unpaired) electrons. The first-order valence-electron chi connectivity index (χ1n) is 20.5. The van der Waals surface area contributed by atoms with E-state index in [0.29, 0.717) is 0 Å². The standard InChI is InChI=1S/C53H51NSi2/c1-9-56(7,8)53(55(4,5)6)47-30-24-35-17-15-16-22-42(35)50(47)45-27-23-38-31-40(25-28-43(38)51(45)53)54(39-20-11-10-12-21-39)41-26-29-44-46-32-36-18-13-14-19-37(36)33-48(46)52(2,3)49(44)34-41/h10-34H,9H2,1-8H3. The second kappa shape index (κ2) is 12.1. The zero-order chi connectivity index (χ0) is 38.8. The minimum absolute atomic E-state index is 0.0645. The second-order valence-electron chi connectivity index (χ2n) is 18.6. The van der Waals surface area contributed by atoms with Gasteiger partial charge in [-0.15, -0.1) is 0 Å². The molecule has 0 aromatic heterocycles. The van der Waals surface area contributed by atoms with Crippen molar-refractivity contribution in [2.45, 2.75) is 69.6 Å². The first-order valence-corrected chi connectivity index (χ1v) is 27.2. The Morgan fingerprint density at radius 1 is 0.464 bits per heavy atom. The van der Waals surface area contributed by atoms with Crippen LogP contribution in [0.1, 0.15) is 43.0 Å². The summed E-state index contributed by atoms with van der Waals surface area (Å²) in [6, 6.07) is 59.2. The van der Waals surface area contributed by atoms with E-state index in [9.17, 15) is 0 Å². The summed E-state index contributed by atoms with van der Waals surface area (Å²) in [6.07, 6.45) is 0. The molecule has 0 fully saturated rings. The Morgan fingerprint density at radius 2 is 1.07 bits per heavy atom. The minimum atomic E-state index is -1.89. The van der Waals surface area contributed by atoms with Gasteiger partial charge in [0.2, 0.25) is 0 Å². The van der Waals surface area contributed by atoms with Crippen molar-refractivity contribution in [3.63, 3.8) is 0 Å². The van der Waals surface area contributed by atoms with Gasteiger partial charge in [0.15, 0.2) is 0 Å². The molecule has 10 rings (SSSR count). The van der Waals surface area contributed by atoms with E-state index in [4.69, 9.17) is 0 Å². The number of benzene rings is 8. The molecule has 8 aromatic rings. The smallest absolute Gasteiger partial charge is 0.0607 e. The highest BCUT2D eigenvalue weighted by molar-refractivity contribution is 7.00. The summed E-state index contributed by atoms with van der Waals surface area (Å²) in [5.74, 6) is 0. The molecule has 0 spiro atoms. The SMILES string of the molecule is CC[Si](C)(C)C1([Si](C)(C)C)c2ccc3ccccc3c2-c2ccc3cc(N(c4ccccc4)c4ccc5c(c4)C(C)(C)c4cc6ccccc6cc4-5)ccc3c21. The van der Waals surface area contributed by atoms with E-state index < -0.39 is 16.1 Å². The van der Waals surface area contributed by atoms with E-state index in [2.05, 4.69) is 210 Å². The number of fused-ring (bicyclic) bond motifs is 11. The van der Waals surface area contributed by atoms with Crippen LogP contribution >= 0.6 is 0 Å². The summed E-state index contributed by atoms with van der Waals surface area (Å²) in [7, 11) is -3.79. The second-order valence-corrected chi connectivity index (χ2v) is 29.6. The Morgan fingerprint density at radius 3 is 1.80 bits per heavy atom. The number of nitrogens with zero attached hydrogens (tertiary/aromatic N) is 1. The van der Waals surface area contributed by atoms with Gasteiger partial charge in [-0.25, -0.2) is 0 Å². The summed E-state index contributed by atoms with van der Waals surface area (Å²) >= 11 is 0. The molecule has 0 bridgehead atoms. The maximum atomic E-state index is 2.68. The van der Waals surface area contributed by atoms with Crippen molar-refractivity contribution in [3.8, 4) is 22.3 Å². The number of para-hydroxylation sites is 1. The number of hydrogen-bond donors (Lipinski definition) is 0. The van der Waals surface area contributed by atoms with Crippen molar-refractivity contribution < 1.29 is 0 Å². The molecule has 1 unspecified atom stereocenters. The molecule has 0 saturated carbocycles. The van der Waals surface area contributed by atoms with Gasteiger partial charge in [0.05, 0.1) is 16.1 Å². The van der Waals surface area contributed by atoms with Gasteiger partial charge in [-0.3, -0.25) is 0 Å². The fourth-order valence-electron chi connectivity index (χ4n) is 11.4. The average Bonchev–Trinajstić information content (AvgIpc) is 3.64. The van der Waals surface area contributed by atoms with E-state index in [-0.39, 0.29) is 10.1 Å². The third kappa shape index (κ3) is 4.71. The van der Waals surface area contributed by atoms with Gasteiger partial charge in [0.25, 0.3) is 0 Å². The first kappa shape index (κ1) is 35.2. The highest BCUT2D eigenvalue weighted by atomic mass is 28.4. The van der Waals surface area contributed by atoms with Crippen LogP contribution in [0.4, 0.5) is 17.1 Å². The van der Waals surface area contributed by atoms with Crippen LogP contribution in [-0.4, -0.2) is 16.1 Å². The van der Waals surface area contributed by atoms with Crippen LogP contribution in [0.15, 0.2) is 152 Å². The number of rotatable bonds is 6. The third-order valence-corrected chi connectivity index (χ3v) is 25.4. The molecule has 1 atom stereocenters. The van der Waals surface area contributed by atoms with Crippen molar-refractivity contribution >= 4 is 65.5 Å². The number of anilines is 3. The van der Waals surface area contributed by atoms with Gasteiger partial charge >= 0.3 is 0 Å². The third-order valence-electron chi connectivity index (χ3n) is 14.1. The monoisotopic (exact) mass is 757 g/mol. The summed E-state index contributed by atoms with van der Waals surface area (Å²) in [4.78, 5) is 2.47. The quantitative estimate of drug-likeness (QED) is 0.153. The van der Waals surface area contributed by atoms with Crippen LogP contribution in [0.3, 0.4) is 0 Å². The molecule has 8 aromatic carbocycles. The zero-order valence-electron chi connectivity index (χ0n) is 34.1. The van der Waals surface area contributed by atoms with Gasteiger partial charge in [-0.2, -0.15) is 0 Å². The summed E-state index contributed by atoms with van der Waals surface area (Å²) in [5.41, 5.74) is 15.1. The van der Waals surface area contributed by atoms with Crippen molar-refractivity contribution in [1.82, 2.24) is 0 Å². The van der Waals surface area contributed by atoms with Gasteiger partial charge in [0, 0.05) is 27.1 Å². The van der Waals surface area contributed by atoms with E-state index in [0.717, 1.165) is 0 Å². The van der Waals surface area contributed by atoms with E-state index in [1.807, 2.05) is 0 Å².